The number of hydrogen-bond acceptors (Lipinski definition) is 3. The Labute approximate surface area is 159 Å². The van der Waals surface area contributed by atoms with Crippen molar-refractivity contribution in [2.45, 2.75) is 37.1 Å². The summed E-state index contributed by atoms with van der Waals surface area (Å²) in [5.74, 6) is 0.649. The molecule has 1 aliphatic heterocycles. The van der Waals surface area contributed by atoms with Crippen LogP contribution in [-0.2, 0) is 16.0 Å². The van der Waals surface area contributed by atoms with Crippen molar-refractivity contribution < 1.29 is 9.59 Å². The monoisotopic (exact) mass is 368 g/mol. The van der Waals surface area contributed by atoms with Crippen molar-refractivity contribution in [1.82, 2.24) is 5.32 Å². The van der Waals surface area contributed by atoms with Crippen LogP contribution in [-0.4, -0.2) is 30.2 Å². The Morgan fingerprint density at radius 1 is 1.15 bits per heavy atom. The van der Waals surface area contributed by atoms with Crippen molar-refractivity contribution in [2.24, 2.45) is 0 Å². The van der Waals surface area contributed by atoms with E-state index in [0.29, 0.717) is 6.42 Å². The van der Waals surface area contributed by atoms with Gasteiger partial charge < -0.3 is 10.2 Å². The van der Waals surface area contributed by atoms with E-state index in [0.717, 1.165) is 29.2 Å². The van der Waals surface area contributed by atoms with Crippen LogP contribution in [0.25, 0.3) is 0 Å². The lowest BCUT2D eigenvalue weighted by molar-refractivity contribution is -0.124. The summed E-state index contributed by atoms with van der Waals surface area (Å²) in [7, 11) is 0. The third kappa shape index (κ3) is 4.67. The minimum atomic E-state index is -0.108. The van der Waals surface area contributed by atoms with Crippen LogP contribution in [0.1, 0.15) is 25.3 Å². The molecule has 5 heteroatoms. The maximum Gasteiger partial charge on any atom is 0.240 e. The minimum Gasteiger partial charge on any atom is -0.351 e. The highest BCUT2D eigenvalue weighted by Gasteiger charge is 2.25. The third-order valence-corrected chi connectivity index (χ3v) is 5.58. The molecule has 1 heterocycles. The Hall–Kier alpha value is -2.27. The van der Waals surface area contributed by atoms with Crippen LogP contribution in [0.4, 0.5) is 5.69 Å². The summed E-state index contributed by atoms with van der Waals surface area (Å²) in [6, 6.07) is 18.0. The quantitative estimate of drug-likeness (QED) is 0.847. The number of amides is 2. The Balaban J connectivity index is 1.67. The molecule has 2 amide bonds. The van der Waals surface area contributed by atoms with Crippen LogP contribution in [0.3, 0.4) is 0 Å². The first-order chi connectivity index (χ1) is 12.7. The molecule has 1 atom stereocenters. The smallest absolute Gasteiger partial charge is 0.240 e. The van der Waals surface area contributed by atoms with Gasteiger partial charge in [-0.25, -0.2) is 0 Å². The number of nitrogens with zero attached hydrogens (tertiary/aromatic N) is 1. The summed E-state index contributed by atoms with van der Waals surface area (Å²) in [5, 5.41) is 3.09. The van der Waals surface area contributed by atoms with Gasteiger partial charge in [0.25, 0.3) is 0 Å². The molecular formula is C21H24N2O2S. The number of nitrogens with one attached hydrogen (secondary N) is 1. The van der Waals surface area contributed by atoms with Crippen LogP contribution < -0.4 is 10.2 Å². The molecule has 0 spiro atoms. The van der Waals surface area contributed by atoms with E-state index in [9.17, 15) is 9.59 Å². The van der Waals surface area contributed by atoms with Gasteiger partial charge >= 0.3 is 0 Å². The predicted octanol–water partition coefficient (Wildman–Crippen LogP) is 3.65. The first-order valence-corrected chi connectivity index (χ1v) is 10.0. The highest BCUT2D eigenvalue weighted by atomic mass is 32.2. The topological polar surface area (TPSA) is 49.4 Å². The van der Waals surface area contributed by atoms with Gasteiger partial charge in [-0.1, -0.05) is 49.4 Å². The number of benzene rings is 2. The van der Waals surface area contributed by atoms with E-state index < -0.39 is 0 Å². The molecule has 0 aromatic heterocycles. The van der Waals surface area contributed by atoms with Crippen LogP contribution >= 0.6 is 11.8 Å². The number of carbonyl (C=O) groups is 2. The highest BCUT2D eigenvalue weighted by Crippen LogP contribution is 2.33. The molecule has 26 heavy (non-hydrogen) atoms. The molecule has 0 fully saturated rings. The van der Waals surface area contributed by atoms with E-state index in [1.807, 2.05) is 42.5 Å². The van der Waals surface area contributed by atoms with E-state index in [1.54, 1.807) is 16.7 Å². The van der Waals surface area contributed by atoms with Crippen molar-refractivity contribution in [3.63, 3.8) is 0 Å². The zero-order chi connectivity index (χ0) is 18.4. The second-order valence-electron chi connectivity index (χ2n) is 6.41. The fourth-order valence-corrected chi connectivity index (χ4v) is 4.10. The van der Waals surface area contributed by atoms with Gasteiger partial charge in [-0.2, -0.15) is 0 Å². The van der Waals surface area contributed by atoms with Crippen molar-refractivity contribution in [1.29, 1.82) is 0 Å². The number of thioether (sulfide) groups is 1. The minimum absolute atomic E-state index is 0.00806. The molecule has 0 saturated carbocycles. The van der Waals surface area contributed by atoms with Crippen molar-refractivity contribution in [2.75, 3.05) is 17.2 Å². The third-order valence-electron chi connectivity index (χ3n) is 4.52. The predicted molar refractivity (Wildman–Crippen MR) is 107 cm³/mol. The van der Waals surface area contributed by atoms with E-state index in [4.69, 9.17) is 0 Å². The molecule has 4 nitrogen and oxygen atoms in total. The van der Waals surface area contributed by atoms with Crippen molar-refractivity contribution in [3.05, 3.63) is 60.2 Å². The maximum absolute atomic E-state index is 12.6. The Kier molecular flexibility index (Phi) is 6.34. The normalized spacial score (nSPS) is 15.1. The van der Waals surface area contributed by atoms with E-state index in [-0.39, 0.29) is 24.4 Å². The van der Waals surface area contributed by atoms with Gasteiger partial charge in [0, 0.05) is 23.1 Å². The number of hydrogen-bond donors (Lipinski definition) is 1. The molecule has 0 radical (unpaired) electrons. The number of anilines is 1. The van der Waals surface area contributed by atoms with Gasteiger partial charge in [-0.15, -0.1) is 11.8 Å². The summed E-state index contributed by atoms with van der Waals surface area (Å²) >= 11 is 1.67. The first kappa shape index (κ1) is 18.5. The number of para-hydroxylation sites is 1. The number of rotatable bonds is 6. The summed E-state index contributed by atoms with van der Waals surface area (Å²) in [5.41, 5.74) is 2.04. The molecule has 1 unspecified atom stereocenters. The molecule has 2 aromatic rings. The molecule has 1 N–H and O–H groups in total. The van der Waals surface area contributed by atoms with Crippen LogP contribution in [0, 0.1) is 0 Å². The van der Waals surface area contributed by atoms with E-state index in [2.05, 4.69) is 24.4 Å². The molecule has 1 aliphatic rings. The van der Waals surface area contributed by atoms with Gasteiger partial charge in [-0.3, -0.25) is 9.59 Å². The first-order valence-electron chi connectivity index (χ1n) is 9.03. The molecule has 3 rings (SSSR count). The summed E-state index contributed by atoms with van der Waals surface area (Å²) in [4.78, 5) is 27.8. The fraction of sp³-hybridized carbons (Fsp3) is 0.333. The molecule has 0 saturated heterocycles. The lowest BCUT2D eigenvalue weighted by atomic mass is 10.0. The molecule has 0 bridgehead atoms. The SMILES string of the molecule is CCC(Cc1ccccc1)NC(=O)CN1C(=O)CCSc2ccccc21. The highest BCUT2D eigenvalue weighted by molar-refractivity contribution is 7.99. The Bertz CT molecular complexity index is 764. The summed E-state index contributed by atoms with van der Waals surface area (Å²) in [6.45, 7) is 2.14. The Morgan fingerprint density at radius 3 is 2.65 bits per heavy atom. The lowest BCUT2D eigenvalue weighted by Gasteiger charge is -2.24. The number of carbonyl (C=O) groups excluding carboxylic acids is 2. The van der Waals surface area contributed by atoms with E-state index >= 15 is 0 Å². The average Bonchev–Trinajstić information content (AvgIpc) is 2.81. The average molecular weight is 369 g/mol. The number of fused-ring (bicyclic) bond motifs is 1. The molecule has 136 valence electrons. The Morgan fingerprint density at radius 2 is 1.88 bits per heavy atom. The standard InChI is InChI=1S/C21H24N2O2S/c1-2-17(14-16-8-4-3-5-9-16)22-20(24)15-23-18-10-6-7-11-19(18)26-13-12-21(23)25/h3-11,17H,2,12-15H2,1H3,(H,22,24). The van der Waals surface area contributed by atoms with Crippen molar-refractivity contribution in [3.8, 4) is 0 Å². The van der Waals surface area contributed by atoms with Gasteiger partial charge in [0.15, 0.2) is 0 Å². The van der Waals surface area contributed by atoms with Gasteiger partial charge in [0.05, 0.1) is 5.69 Å². The molecular weight excluding hydrogens is 344 g/mol. The molecule has 2 aromatic carbocycles. The van der Waals surface area contributed by atoms with Crippen molar-refractivity contribution >= 4 is 29.3 Å². The van der Waals surface area contributed by atoms with Crippen LogP contribution in [0.2, 0.25) is 0 Å². The van der Waals surface area contributed by atoms with E-state index in [1.165, 1.54) is 5.56 Å². The van der Waals surface area contributed by atoms with Gasteiger partial charge in [0.1, 0.15) is 6.54 Å². The van der Waals surface area contributed by atoms with Crippen LogP contribution in [0.5, 0.6) is 0 Å². The lowest BCUT2D eigenvalue weighted by Crippen LogP contribution is -2.44. The summed E-state index contributed by atoms with van der Waals surface area (Å²) in [6.07, 6.45) is 2.10. The zero-order valence-electron chi connectivity index (χ0n) is 15.0. The second-order valence-corrected chi connectivity index (χ2v) is 7.55. The fourth-order valence-electron chi connectivity index (χ4n) is 3.11. The maximum atomic E-state index is 12.6. The van der Waals surface area contributed by atoms with Gasteiger partial charge in [0.2, 0.25) is 11.8 Å². The summed E-state index contributed by atoms with van der Waals surface area (Å²) < 4.78 is 0. The zero-order valence-corrected chi connectivity index (χ0v) is 15.8. The van der Waals surface area contributed by atoms with Gasteiger partial charge in [-0.05, 0) is 30.5 Å². The van der Waals surface area contributed by atoms with Crippen LogP contribution in [0.15, 0.2) is 59.5 Å². The second kappa shape index (κ2) is 8.90. The molecule has 0 aliphatic carbocycles. The largest absolute Gasteiger partial charge is 0.351 e.